The molecule has 1 aromatic carbocycles. The fourth-order valence-electron chi connectivity index (χ4n) is 2.27. The number of methoxy groups -OCH3 is 1. The summed E-state index contributed by atoms with van der Waals surface area (Å²) < 4.78 is 11.2. The third kappa shape index (κ3) is 4.28. The number of ether oxygens (including phenoxy) is 1. The Bertz CT molecular complexity index is 947. The van der Waals surface area contributed by atoms with Gasteiger partial charge < -0.3 is 14.6 Å². The number of carbonyl (C=O) groups is 1. The Kier molecular flexibility index (Phi) is 5.20. The van der Waals surface area contributed by atoms with E-state index in [0.717, 1.165) is 4.90 Å². The molecule has 0 aliphatic carbocycles. The first-order valence-corrected chi connectivity index (χ1v) is 8.55. The van der Waals surface area contributed by atoms with Gasteiger partial charge in [0.25, 0.3) is 5.56 Å². The number of nitrogens with one attached hydrogen (secondary N) is 1. The van der Waals surface area contributed by atoms with Crippen LogP contribution in [-0.4, -0.2) is 29.2 Å². The molecule has 0 saturated carbocycles. The zero-order valence-electron chi connectivity index (χ0n) is 13.8. The predicted octanol–water partition coefficient (Wildman–Crippen LogP) is 2.47. The van der Waals surface area contributed by atoms with Crippen molar-refractivity contribution in [3.63, 3.8) is 0 Å². The van der Waals surface area contributed by atoms with Crippen molar-refractivity contribution < 1.29 is 14.1 Å². The number of fused-ring (bicyclic) bond motifs is 1. The van der Waals surface area contributed by atoms with Crippen LogP contribution in [0.1, 0.15) is 11.5 Å². The third-order valence-electron chi connectivity index (χ3n) is 3.32. The summed E-state index contributed by atoms with van der Waals surface area (Å²) in [6, 6.07) is 10.7. The number of amides is 1. The van der Waals surface area contributed by atoms with Gasteiger partial charge in [0.05, 0.1) is 5.69 Å². The Morgan fingerprint density at radius 3 is 2.80 bits per heavy atom. The zero-order chi connectivity index (χ0) is 17.8. The van der Waals surface area contributed by atoms with Gasteiger partial charge in [0.1, 0.15) is 12.4 Å². The zero-order valence-corrected chi connectivity index (χ0v) is 14.6. The lowest BCUT2D eigenvalue weighted by atomic mass is 10.3. The minimum atomic E-state index is -0.232. The normalized spacial score (nSPS) is 11.0. The highest BCUT2D eigenvalue weighted by Gasteiger charge is 2.07. The second-order valence-corrected chi connectivity index (χ2v) is 6.43. The quantitative estimate of drug-likeness (QED) is 0.681. The van der Waals surface area contributed by atoms with E-state index in [4.69, 9.17) is 9.26 Å². The van der Waals surface area contributed by atoms with E-state index in [1.807, 2.05) is 24.3 Å². The summed E-state index contributed by atoms with van der Waals surface area (Å²) in [5.74, 6) is 1.00. The van der Waals surface area contributed by atoms with E-state index in [-0.39, 0.29) is 18.1 Å². The minimum absolute atomic E-state index is 0.0215. The molecule has 2 heterocycles. The maximum Gasteiger partial charge on any atom is 0.287 e. The maximum absolute atomic E-state index is 12.0. The lowest BCUT2D eigenvalue weighted by Gasteiger charge is -2.06. The Labute approximate surface area is 148 Å². The lowest BCUT2D eigenvalue weighted by Crippen LogP contribution is -2.16. The van der Waals surface area contributed by atoms with Crippen LogP contribution < -0.4 is 10.9 Å². The summed E-state index contributed by atoms with van der Waals surface area (Å²) in [6.45, 7) is 1.79. The van der Waals surface area contributed by atoms with Gasteiger partial charge in [-0.3, -0.25) is 9.59 Å². The molecule has 0 unspecified atom stereocenters. The van der Waals surface area contributed by atoms with Gasteiger partial charge in [0, 0.05) is 35.6 Å². The Morgan fingerprint density at radius 1 is 1.32 bits per heavy atom. The fraction of sp³-hybridized carbons (Fsp3) is 0.235. The molecule has 3 rings (SSSR count). The van der Waals surface area contributed by atoms with Crippen molar-refractivity contribution in [1.29, 1.82) is 0 Å². The molecule has 8 heteroatoms. The summed E-state index contributed by atoms with van der Waals surface area (Å²) in [4.78, 5) is 28.9. The number of aryl methyl sites for hydroxylation is 1. The van der Waals surface area contributed by atoms with Crippen LogP contribution in [0, 0.1) is 6.92 Å². The Balaban J connectivity index is 1.65. The Hall–Kier alpha value is -2.58. The molecule has 0 bridgehead atoms. The van der Waals surface area contributed by atoms with Gasteiger partial charge in [0.15, 0.2) is 5.65 Å². The topological polar surface area (TPSA) is 85.8 Å². The molecule has 7 nitrogen and oxygen atoms in total. The van der Waals surface area contributed by atoms with Gasteiger partial charge in [-0.25, -0.2) is 4.98 Å². The SMILES string of the molecule is COCC(=O)Nc1ccc(SCc2cc(=O)n3oc(C)cc3n2)cc1. The molecule has 1 N–H and O–H groups in total. The molecular formula is C17H17N3O4S. The molecule has 3 aromatic rings. The monoisotopic (exact) mass is 359 g/mol. The van der Waals surface area contributed by atoms with Crippen LogP contribution in [0.3, 0.4) is 0 Å². The van der Waals surface area contributed by atoms with E-state index in [9.17, 15) is 9.59 Å². The lowest BCUT2D eigenvalue weighted by molar-refractivity contribution is -0.119. The molecule has 0 fully saturated rings. The van der Waals surface area contributed by atoms with E-state index >= 15 is 0 Å². The smallest absolute Gasteiger partial charge is 0.287 e. The van der Waals surface area contributed by atoms with Crippen LogP contribution in [-0.2, 0) is 15.3 Å². The first kappa shape index (κ1) is 17.2. The summed E-state index contributed by atoms with van der Waals surface area (Å²) >= 11 is 1.56. The van der Waals surface area contributed by atoms with Gasteiger partial charge in [-0.1, -0.05) is 0 Å². The molecule has 0 aliphatic heterocycles. The number of nitrogens with zero attached hydrogens (tertiary/aromatic N) is 2. The molecule has 25 heavy (non-hydrogen) atoms. The first-order valence-electron chi connectivity index (χ1n) is 7.56. The second-order valence-electron chi connectivity index (χ2n) is 5.38. The van der Waals surface area contributed by atoms with Crippen LogP contribution in [0.25, 0.3) is 5.65 Å². The third-order valence-corrected chi connectivity index (χ3v) is 4.37. The number of rotatable bonds is 6. The molecule has 130 valence electrons. The molecule has 0 aliphatic rings. The standard InChI is InChI=1S/C17H17N3O4S/c1-11-7-15-18-13(8-17(22)20(15)24-11)10-25-14-5-3-12(4-6-14)19-16(21)9-23-2/h3-8H,9-10H2,1-2H3,(H,19,21). The van der Waals surface area contributed by atoms with Gasteiger partial charge in [-0.15, -0.1) is 16.3 Å². The molecule has 2 aromatic heterocycles. The van der Waals surface area contributed by atoms with Crippen molar-refractivity contribution in [3.8, 4) is 0 Å². The van der Waals surface area contributed by atoms with Crippen LogP contribution >= 0.6 is 11.8 Å². The molecule has 0 radical (unpaired) electrons. The fourth-order valence-corrected chi connectivity index (χ4v) is 3.06. The van der Waals surface area contributed by atoms with E-state index in [2.05, 4.69) is 10.3 Å². The van der Waals surface area contributed by atoms with Crippen molar-refractivity contribution >= 4 is 29.0 Å². The number of thioether (sulfide) groups is 1. The number of hydrogen-bond acceptors (Lipinski definition) is 6. The van der Waals surface area contributed by atoms with Gasteiger partial charge in [0.2, 0.25) is 5.91 Å². The number of aromatic nitrogens is 2. The van der Waals surface area contributed by atoms with E-state index in [1.54, 1.807) is 24.8 Å². The molecule has 0 atom stereocenters. The van der Waals surface area contributed by atoms with Crippen LogP contribution in [0.5, 0.6) is 0 Å². The van der Waals surface area contributed by atoms with E-state index < -0.39 is 0 Å². The average molecular weight is 359 g/mol. The number of benzene rings is 1. The maximum atomic E-state index is 12.0. The molecule has 0 spiro atoms. The minimum Gasteiger partial charge on any atom is -0.375 e. The summed E-state index contributed by atoms with van der Waals surface area (Å²) in [5.41, 5.74) is 1.67. The highest BCUT2D eigenvalue weighted by molar-refractivity contribution is 7.98. The number of carbonyl (C=O) groups excluding carboxylic acids is 1. The molecule has 0 saturated heterocycles. The van der Waals surface area contributed by atoms with E-state index in [1.165, 1.54) is 17.7 Å². The van der Waals surface area contributed by atoms with Crippen molar-refractivity contribution in [2.24, 2.45) is 0 Å². The first-order chi connectivity index (χ1) is 12.0. The Morgan fingerprint density at radius 2 is 2.08 bits per heavy atom. The van der Waals surface area contributed by atoms with Crippen LogP contribution in [0.15, 0.2) is 50.6 Å². The van der Waals surface area contributed by atoms with Crippen molar-refractivity contribution in [2.75, 3.05) is 19.0 Å². The van der Waals surface area contributed by atoms with Gasteiger partial charge in [-0.05, 0) is 31.2 Å². The van der Waals surface area contributed by atoms with Crippen LogP contribution in [0.2, 0.25) is 0 Å². The summed E-state index contributed by atoms with van der Waals surface area (Å²) in [5, 5.41) is 2.73. The van der Waals surface area contributed by atoms with E-state index in [0.29, 0.717) is 28.5 Å². The van der Waals surface area contributed by atoms with Gasteiger partial charge >= 0.3 is 0 Å². The highest BCUT2D eigenvalue weighted by atomic mass is 32.2. The summed E-state index contributed by atoms with van der Waals surface area (Å²) in [7, 11) is 1.47. The highest BCUT2D eigenvalue weighted by Crippen LogP contribution is 2.23. The molecule has 1 amide bonds. The predicted molar refractivity (Wildman–Crippen MR) is 95.0 cm³/mol. The molecular weight excluding hydrogens is 342 g/mol. The summed E-state index contributed by atoms with van der Waals surface area (Å²) in [6.07, 6.45) is 0. The average Bonchev–Trinajstić information content (AvgIpc) is 2.95. The number of anilines is 1. The number of hydrogen-bond donors (Lipinski definition) is 1. The largest absolute Gasteiger partial charge is 0.375 e. The van der Waals surface area contributed by atoms with Crippen LogP contribution in [0.4, 0.5) is 5.69 Å². The van der Waals surface area contributed by atoms with Gasteiger partial charge in [-0.2, -0.15) is 0 Å². The van der Waals surface area contributed by atoms with Crippen molar-refractivity contribution in [3.05, 3.63) is 58.2 Å². The van der Waals surface area contributed by atoms with Crippen molar-refractivity contribution in [1.82, 2.24) is 9.56 Å². The van der Waals surface area contributed by atoms with Crippen molar-refractivity contribution in [2.45, 2.75) is 17.6 Å². The second kappa shape index (κ2) is 7.54.